The molecule has 14 heteroatoms. The average molecular weight is 535 g/mol. The van der Waals surface area contributed by atoms with Gasteiger partial charge in [0.15, 0.2) is 27.0 Å². The van der Waals surface area contributed by atoms with Crippen molar-refractivity contribution in [1.29, 1.82) is 0 Å². The van der Waals surface area contributed by atoms with Crippen LogP contribution in [0, 0.1) is 24.4 Å². The van der Waals surface area contributed by atoms with E-state index in [1.807, 2.05) is 5.32 Å². The maximum absolute atomic E-state index is 15.5. The fourth-order valence-corrected chi connectivity index (χ4v) is 5.69. The van der Waals surface area contributed by atoms with E-state index in [4.69, 9.17) is 4.42 Å². The molecule has 1 saturated heterocycles. The van der Waals surface area contributed by atoms with Gasteiger partial charge >= 0.3 is 11.8 Å². The quantitative estimate of drug-likeness (QED) is 0.306. The van der Waals surface area contributed by atoms with Gasteiger partial charge in [-0.25, -0.2) is 39.6 Å². The summed E-state index contributed by atoms with van der Waals surface area (Å²) < 4.78 is 113. The van der Waals surface area contributed by atoms with E-state index in [1.165, 1.54) is 11.4 Å². The van der Waals surface area contributed by atoms with Crippen molar-refractivity contribution in [2.45, 2.75) is 31.6 Å². The minimum atomic E-state index is -3.96. The molecule has 2 heterocycles. The van der Waals surface area contributed by atoms with E-state index in [1.54, 1.807) is 0 Å². The molecule has 2 amide bonds. The molecule has 1 fully saturated rings. The number of rotatable bonds is 6. The number of aryl methyl sites for hydroxylation is 1. The van der Waals surface area contributed by atoms with Gasteiger partial charge < -0.3 is 15.1 Å². The number of amides is 2. The predicted octanol–water partition coefficient (Wildman–Crippen LogP) is 4.97. The Hall–Kier alpha value is -3.42. The van der Waals surface area contributed by atoms with Crippen molar-refractivity contribution in [3.05, 3.63) is 59.1 Å². The molecule has 0 aliphatic carbocycles. The third kappa shape index (κ3) is 5.08. The number of furan rings is 1. The Labute approximate surface area is 200 Å². The molecule has 0 spiro atoms. The molecule has 7 nitrogen and oxygen atoms in total. The molecule has 1 aliphatic heterocycles. The highest BCUT2D eigenvalue weighted by molar-refractivity contribution is 7.91. The fraction of sp³-hybridized carbons (Fsp3) is 0.318. The summed E-state index contributed by atoms with van der Waals surface area (Å²) in [6.45, 7) is 1.09. The number of alkyl halides is 3. The first kappa shape index (κ1) is 25.7. The van der Waals surface area contributed by atoms with Crippen LogP contribution in [-0.2, 0) is 15.6 Å². The predicted molar refractivity (Wildman–Crippen MR) is 119 cm³/mol. The summed E-state index contributed by atoms with van der Waals surface area (Å²) in [6.07, 6.45) is -3.62. The lowest BCUT2D eigenvalue weighted by molar-refractivity contribution is -0.0664. The van der Waals surface area contributed by atoms with Crippen LogP contribution in [0.3, 0.4) is 0 Å². The maximum atomic E-state index is 15.5. The standard InChI is InChI=1S/C22H19F6N3O4S/c1-10-16-6-12(24)7-17(25)18(16)35-19(10)22(28,20(26)27)31-21(32)30-15-5-11(23)4-14(8-15)29-13-2-3-36(33,34)9-13/h4-8,13,20,29H,2-3,9H2,1H3,(H2,30,31,32). The summed E-state index contributed by atoms with van der Waals surface area (Å²) in [4.78, 5) is 12.4. The highest BCUT2D eigenvalue weighted by Crippen LogP contribution is 2.39. The second kappa shape index (κ2) is 9.22. The Bertz CT molecular complexity index is 1450. The topological polar surface area (TPSA) is 100 Å². The molecule has 1 aromatic heterocycles. The molecule has 194 valence electrons. The van der Waals surface area contributed by atoms with Crippen LogP contribution in [0.25, 0.3) is 11.0 Å². The van der Waals surface area contributed by atoms with Gasteiger partial charge in [0.2, 0.25) is 0 Å². The second-order valence-corrected chi connectivity index (χ2v) is 10.6. The van der Waals surface area contributed by atoms with Crippen LogP contribution in [0.5, 0.6) is 0 Å². The molecule has 2 atom stereocenters. The van der Waals surface area contributed by atoms with Crippen molar-refractivity contribution in [2.75, 3.05) is 22.1 Å². The summed E-state index contributed by atoms with van der Waals surface area (Å²) in [6, 6.07) is 2.21. The average Bonchev–Trinajstić information content (AvgIpc) is 3.26. The highest BCUT2D eigenvalue weighted by atomic mass is 32.2. The molecule has 1 aliphatic rings. The van der Waals surface area contributed by atoms with Gasteiger partial charge in [-0.05, 0) is 37.6 Å². The first-order valence-electron chi connectivity index (χ1n) is 10.5. The first-order valence-corrected chi connectivity index (χ1v) is 12.3. The molecular weight excluding hydrogens is 516 g/mol. The summed E-state index contributed by atoms with van der Waals surface area (Å²) in [7, 11) is -3.23. The Balaban J connectivity index is 1.57. The number of benzene rings is 2. The molecule has 36 heavy (non-hydrogen) atoms. The molecule has 3 aromatic rings. The lowest BCUT2D eigenvalue weighted by Crippen LogP contribution is -2.49. The summed E-state index contributed by atoms with van der Waals surface area (Å²) in [5.41, 5.74) is -1.21. The lowest BCUT2D eigenvalue weighted by Gasteiger charge is -2.24. The van der Waals surface area contributed by atoms with Crippen molar-refractivity contribution in [2.24, 2.45) is 0 Å². The van der Waals surface area contributed by atoms with Crippen LogP contribution >= 0.6 is 0 Å². The zero-order chi connectivity index (χ0) is 26.4. The number of carbonyl (C=O) groups is 1. The SMILES string of the molecule is Cc1c(C(F)(NC(=O)Nc2cc(F)cc(NC3CCS(=O)(=O)C3)c2)C(F)F)oc2c(F)cc(F)cc12. The molecule has 0 radical (unpaired) electrons. The number of halogens is 6. The van der Waals surface area contributed by atoms with Crippen LogP contribution in [0.1, 0.15) is 17.7 Å². The van der Waals surface area contributed by atoms with Gasteiger partial charge in [-0.2, -0.15) is 0 Å². The van der Waals surface area contributed by atoms with Crippen LogP contribution in [0.4, 0.5) is 42.5 Å². The summed E-state index contributed by atoms with van der Waals surface area (Å²) in [5, 5.41) is 5.94. The van der Waals surface area contributed by atoms with Crippen molar-refractivity contribution in [3.63, 3.8) is 0 Å². The van der Waals surface area contributed by atoms with E-state index in [0.717, 1.165) is 25.1 Å². The van der Waals surface area contributed by atoms with Gasteiger partial charge in [0.05, 0.1) is 11.5 Å². The minimum absolute atomic E-state index is 0.0442. The Kier molecular flexibility index (Phi) is 6.58. The fourth-order valence-electron chi connectivity index (χ4n) is 4.02. The second-order valence-electron chi connectivity index (χ2n) is 8.38. The van der Waals surface area contributed by atoms with Gasteiger partial charge in [-0.1, -0.05) is 0 Å². The summed E-state index contributed by atoms with van der Waals surface area (Å²) >= 11 is 0. The van der Waals surface area contributed by atoms with Crippen LogP contribution in [0.15, 0.2) is 34.7 Å². The van der Waals surface area contributed by atoms with Gasteiger partial charge in [0.1, 0.15) is 11.6 Å². The van der Waals surface area contributed by atoms with E-state index in [9.17, 15) is 35.2 Å². The van der Waals surface area contributed by atoms with Crippen molar-refractivity contribution >= 4 is 38.2 Å². The number of hydrogen-bond acceptors (Lipinski definition) is 5. The van der Waals surface area contributed by atoms with E-state index >= 15 is 4.39 Å². The Morgan fingerprint density at radius 3 is 2.39 bits per heavy atom. The zero-order valence-corrected chi connectivity index (χ0v) is 19.3. The van der Waals surface area contributed by atoms with Crippen molar-refractivity contribution in [1.82, 2.24) is 5.32 Å². The van der Waals surface area contributed by atoms with E-state index in [2.05, 4.69) is 5.32 Å². The van der Waals surface area contributed by atoms with Crippen LogP contribution < -0.4 is 16.0 Å². The molecule has 4 rings (SSSR count). The largest absolute Gasteiger partial charge is 0.452 e. The van der Waals surface area contributed by atoms with E-state index in [0.29, 0.717) is 6.07 Å². The minimum Gasteiger partial charge on any atom is -0.452 e. The van der Waals surface area contributed by atoms with Gasteiger partial charge in [0.25, 0.3) is 6.43 Å². The van der Waals surface area contributed by atoms with Crippen molar-refractivity contribution < 1.29 is 44.0 Å². The molecule has 2 aromatic carbocycles. The van der Waals surface area contributed by atoms with E-state index < -0.39 is 62.9 Å². The van der Waals surface area contributed by atoms with Crippen LogP contribution in [0.2, 0.25) is 0 Å². The maximum Gasteiger partial charge on any atom is 0.322 e. The number of anilines is 2. The summed E-state index contributed by atoms with van der Waals surface area (Å²) in [5.74, 6) is -8.48. The third-order valence-electron chi connectivity index (χ3n) is 5.64. The zero-order valence-electron chi connectivity index (χ0n) is 18.5. The van der Waals surface area contributed by atoms with Gasteiger partial charge in [0, 0.05) is 34.4 Å². The van der Waals surface area contributed by atoms with Crippen molar-refractivity contribution in [3.8, 4) is 0 Å². The first-order chi connectivity index (χ1) is 16.8. The number of nitrogens with one attached hydrogen (secondary N) is 3. The molecule has 3 N–H and O–H groups in total. The van der Waals surface area contributed by atoms with E-state index in [-0.39, 0.29) is 40.3 Å². The number of hydrogen-bond donors (Lipinski definition) is 3. The van der Waals surface area contributed by atoms with Gasteiger partial charge in [-0.15, -0.1) is 0 Å². The Morgan fingerprint density at radius 2 is 1.75 bits per heavy atom. The number of sulfone groups is 1. The number of carbonyl (C=O) groups excluding carboxylic acids is 1. The smallest absolute Gasteiger partial charge is 0.322 e. The number of fused-ring (bicyclic) bond motifs is 1. The molecule has 0 bridgehead atoms. The van der Waals surface area contributed by atoms with Gasteiger partial charge in [-0.3, -0.25) is 5.32 Å². The number of urea groups is 1. The Morgan fingerprint density at radius 1 is 1.08 bits per heavy atom. The normalized spacial score (nSPS) is 18.8. The lowest BCUT2D eigenvalue weighted by atomic mass is 10.1. The van der Waals surface area contributed by atoms with Crippen LogP contribution in [-0.4, -0.2) is 38.4 Å². The molecule has 0 saturated carbocycles. The highest BCUT2D eigenvalue weighted by Gasteiger charge is 2.49. The monoisotopic (exact) mass is 535 g/mol. The molecule has 2 unspecified atom stereocenters. The molecular formula is C22H19F6N3O4S. The third-order valence-corrected chi connectivity index (χ3v) is 7.41.